The van der Waals surface area contributed by atoms with E-state index in [-0.39, 0.29) is 0 Å². The van der Waals surface area contributed by atoms with Gasteiger partial charge >= 0.3 is 0 Å². The molecule has 0 bridgehead atoms. The van der Waals surface area contributed by atoms with Crippen LogP contribution in [0, 0.1) is 5.92 Å². The molecule has 1 aliphatic heterocycles. The summed E-state index contributed by atoms with van der Waals surface area (Å²) in [6, 6.07) is 0. The predicted molar refractivity (Wildman–Crippen MR) is 40.5 cm³/mol. The van der Waals surface area contributed by atoms with Crippen molar-refractivity contribution in [1.82, 2.24) is 4.90 Å². The molecule has 1 rings (SSSR count). The Bertz CT molecular complexity index is 74.6. The van der Waals surface area contributed by atoms with Crippen LogP contribution in [-0.4, -0.2) is 24.5 Å². The Morgan fingerprint density at radius 1 is 1.33 bits per heavy atom. The zero-order valence-corrected chi connectivity index (χ0v) is 6.56. The molecule has 0 unspecified atom stereocenters. The molecule has 1 heteroatoms. The molecule has 0 aromatic rings. The molecule has 0 atom stereocenters. The third kappa shape index (κ3) is 1.68. The van der Waals surface area contributed by atoms with Gasteiger partial charge in [-0.2, -0.15) is 0 Å². The van der Waals surface area contributed by atoms with E-state index in [4.69, 9.17) is 0 Å². The van der Waals surface area contributed by atoms with Crippen LogP contribution < -0.4 is 0 Å². The van der Waals surface area contributed by atoms with E-state index in [0.717, 1.165) is 5.92 Å². The molecular formula is C8H17N. The summed E-state index contributed by atoms with van der Waals surface area (Å²) in [6.45, 7) is 8.49. The average Bonchev–Trinajstić information content (AvgIpc) is 1.77. The van der Waals surface area contributed by atoms with Crippen molar-refractivity contribution in [2.75, 3.05) is 19.6 Å². The van der Waals surface area contributed by atoms with Gasteiger partial charge in [-0.1, -0.05) is 20.3 Å². The Hall–Kier alpha value is -0.0400. The van der Waals surface area contributed by atoms with Gasteiger partial charge in [-0.3, -0.25) is 0 Å². The van der Waals surface area contributed by atoms with Crippen LogP contribution in [0.3, 0.4) is 0 Å². The molecule has 0 aliphatic carbocycles. The van der Waals surface area contributed by atoms with Crippen molar-refractivity contribution in [3.8, 4) is 0 Å². The summed E-state index contributed by atoms with van der Waals surface area (Å²) in [4.78, 5) is 2.50. The molecular weight excluding hydrogens is 110 g/mol. The van der Waals surface area contributed by atoms with E-state index in [1.165, 1.54) is 32.5 Å². The van der Waals surface area contributed by atoms with Gasteiger partial charge in [-0.25, -0.2) is 0 Å². The van der Waals surface area contributed by atoms with Gasteiger partial charge in [0.25, 0.3) is 0 Å². The molecule has 0 amide bonds. The fraction of sp³-hybridized carbons (Fsp3) is 1.00. The van der Waals surface area contributed by atoms with Crippen molar-refractivity contribution in [2.24, 2.45) is 5.92 Å². The Morgan fingerprint density at radius 2 is 2.00 bits per heavy atom. The maximum Gasteiger partial charge on any atom is 0.00219 e. The maximum absolute atomic E-state index is 2.50. The van der Waals surface area contributed by atoms with Crippen molar-refractivity contribution in [3.05, 3.63) is 0 Å². The van der Waals surface area contributed by atoms with Gasteiger partial charge in [0.05, 0.1) is 0 Å². The Kier molecular flexibility index (Phi) is 2.52. The summed E-state index contributed by atoms with van der Waals surface area (Å²) in [5, 5.41) is 0. The molecule has 1 nitrogen and oxygen atoms in total. The number of rotatable bonds is 3. The van der Waals surface area contributed by atoms with Gasteiger partial charge in [0.2, 0.25) is 0 Å². The summed E-state index contributed by atoms with van der Waals surface area (Å²) < 4.78 is 0. The van der Waals surface area contributed by atoms with Gasteiger partial charge in [-0.15, -0.1) is 0 Å². The van der Waals surface area contributed by atoms with Crippen molar-refractivity contribution >= 4 is 0 Å². The third-order valence-electron chi connectivity index (χ3n) is 2.18. The Balaban J connectivity index is 1.98. The number of nitrogens with zero attached hydrogens (tertiary/aromatic N) is 1. The first-order valence-corrected chi connectivity index (χ1v) is 4.09. The Labute approximate surface area is 58.0 Å². The number of hydrogen-bond acceptors (Lipinski definition) is 1. The number of likely N-dealkylation sites (tertiary alicyclic amines) is 1. The zero-order valence-electron chi connectivity index (χ0n) is 6.56. The average molecular weight is 127 g/mol. The van der Waals surface area contributed by atoms with Crippen LogP contribution in [0.15, 0.2) is 0 Å². The van der Waals surface area contributed by atoms with Gasteiger partial charge in [0.15, 0.2) is 0 Å². The molecule has 0 N–H and O–H groups in total. The summed E-state index contributed by atoms with van der Waals surface area (Å²) in [7, 11) is 0. The molecule has 1 fully saturated rings. The smallest absolute Gasteiger partial charge is 0.00219 e. The van der Waals surface area contributed by atoms with E-state index in [9.17, 15) is 0 Å². The summed E-state index contributed by atoms with van der Waals surface area (Å²) in [6.07, 6.45) is 2.80. The molecule has 0 aromatic carbocycles. The fourth-order valence-corrected chi connectivity index (χ4v) is 1.53. The largest absolute Gasteiger partial charge is 0.303 e. The molecule has 0 saturated carbocycles. The van der Waals surface area contributed by atoms with Gasteiger partial charge < -0.3 is 4.90 Å². The standard InChI is InChI=1S/C8H17N/c1-3-5-8-6-9(4-2)7-8/h8H,3-7H2,1-2H3. The van der Waals surface area contributed by atoms with Gasteiger partial charge in [-0.05, 0) is 18.9 Å². The van der Waals surface area contributed by atoms with Crippen molar-refractivity contribution < 1.29 is 0 Å². The van der Waals surface area contributed by atoms with Gasteiger partial charge in [0.1, 0.15) is 0 Å². The molecule has 9 heavy (non-hydrogen) atoms. The van der Waals surface area contributed by atoms with Crippen LogP contribution in [0.25, 0.3) is 0 Å². The second kappa shape index (κ2) is 3.21. The highest BCUT2D eigenvalue weighted by molar-refractivity contribution is 4.77. The highest BCUT2D eigenvalue weighted by Gasteiger charge is 2.23. The summed E-state index contributed by atoms with van der Waals surface area (Å²) in [5.74, 6) is 1.04. The molecule has 0 aromatic heterocycles. The summed E-state index contributed by atoms with van der Waals surface area (Å²) >= 11 is 0. The molecule has 1 saturated heterocycles. The fourth-order valence-electron chi connectivity index (χ4n) is 1.53. The SMILES string of the molecule is CCCC1CN(CC)C1. The third-order valence-corrected chi connectivity index (χ3v) is 2.18. The van der Waals surface area contributed by atoms with E-state index in [2.05, 4.69) is 18.7 Å². The second-order valence-corrected chi connectivity index (χ2v) is 3.01. The highest BCUT2D eigenvalue weighted by Crippen LogP contribution is 2.18. The van der Waals surface area contributed by atoms with E-state index in [1.807, 2.05) is 0 Å². The second-order valence-electron chi connectivity index (χ2n) is 3.01. The lowest BCUT2D eigenvalue weighted by Crippen LogP contribution is -2.45. The lowest BCUT2D eigenvalue weighted by atomic mass is 9.95. The minimum Gasteiger partial charge on any atom is -0.303 e. The first kappa shape index (κ1) is 7.07. The van der Waals surface area contributed by atoms with Crippen LogP contribution in [0.4, 0.5) is 0 Å². The topological polar surface area (TPSA) is 3.24 Å². The van der Waals surface area contributed by atoms with E-state index >= 15 is 0 Å². The normalized spacial score (nSPS) is 22.0. The zero-order chi connectivity index (χ0) is 6.69. The van der Waals surface area contributed by atoms with Crippen molar-refractivity contribution in [3.63, 3.8) is 0 Å². The molecule has 54 valence electrons. The highest BCUT2D eigenvalue weighted by atomic mass is 15.2. The molecule has 0 spiro atoms. The van der Waals surface area contributed by atoms with Crippen LogP contribution in [0.2, 0.25) is 0 Å². The predicted octanol–water partition coefficient (Wildman–Crippen LogP) is 1.74. The van der Waals surface area contributed by atoms with E-state index in [1.54, 1.807) is 0 Å². The lowest BCUT2D eigenvalue weighted by molar-refractivity contribution is 0.101. The molecule has 1 aliphatic rings. The molecule has 1 heterocycles. The minimum absolute atomic E-state index is 1.04. The van der Waals surface area contributed by atoms with E-state index < -0.39 is 0 Å². The number of hydrogen-bond donors (Lipinski definition) is 0. The van der Waals surface area contributed by atoms with Crippen molar-refractivity contribution in [1.29, 1.82) is 0 Å². The van der Waals surface area contributed by atoms with Crippen LogP contribution in [0.5, 0.6) is 0 Å². The lowest BCUT2D eigenvalue weighted by Gasteiger charge is -2.38. The van der Waals surface area contributed by atoms with Gasteiger partial charge in [0, 0.05) is 13.1 Å². The van der Waals surface area contributed by atoms with Crippen molar-refractivity contribution in [2.45, 2.75) is 26.7 Å². The van der Waals surface area contributed by atoms with Crippen LogP contribution >= 0.6 is 0 Å². The quantitative estimate of drug-likeness (QED) is 0.558. The maximum atomic E-state index is 2.50. The first-order valence-electron chi connectivity index (χ1n) is 4.09. The monoisotopic (exact) mass is 127 g/mol. The molecule has 0 radical (unpaired) electrons. The summed E-state index contributed by atoms with van der Waals surface area (Å²) in [5.41, 5.74) is 0. The first-order chi connectivity index (χ1) is 4.36. The Morgan fingerprint density at radius 3 is 2.44 bits per heavy atom. The van der Waals surface area contributed by atoms with Crippen LogP contribution in [0.1, 0.15) is 26.7 Å². The minimum atomic E-state index is 1.04. The van der Waals surface area contributed by atoms with Crippen LogP contribution in [-0.2, 0) is 0 Å². The van der Waals surface area contributed by atoms with E-state index in [0.29, 0.717) is 0 Å².